The number of rotatable bonds is 2. The molecule has 3 aromatic rings. The fraction of sp³-hybridized carbons (Fsp3) is 0.0667. The Bertz CT molecular complexity index is 835. The number of fused-ring (bicyclic) bond motifs is 2. The third-order valence-corrected chi connectivity index (χ3v) is 3.29. The zero-order chi connectivity index (χ0) is 14.2. The van der Waals surface area contributed by atoms with Crippen molar-refractivity contribution in [2.24, 2.45) is 0 Å². The van der Waals surface area contributed by atoms with Gasteiger partial charge in [-0.3, -0.25) is 0 Å². The number of ether oxygens (including phenoxy) is 2. The van der Waals surface area contributed by atoms with Crippen LogP contribution in [0.5, 0.6) is 11.5 Å². The first-order valence-electron chi connectivity index (χ1n) is 6.46. The van der Waals surface area contributed by atoms with Gasteiger partial charge in [0.1, 0.15) is 12.1 Å². The van der Waals surface area contributed by atoms with Crippen molar-refractivity contribution in [3.05, 3.63) is 42.7 Å². The van der Waals surface area contributed by atoms with Gasteiger partial charge in [0.05, 0.1) is 5.52 Å². The van der Waals surface area contributed by atoms with Gasteiger partial charge in [-0.1, -0.05) is 0 Å². The fourth-order valence-corrected chi connectivity index (χ4v) is 2.28. The molecule has 1 aliphatic heterocycles. The van der Waals surface area contributed by atoms with Crippen LogP contribution in [0.1, 0.15) is 0 Å². The molecule has 2 heterocycles. The highest BCUT2D eigenvalue weighted by Gasteiger charge is 2.14. The molecule has 0 saturated carbocycles. The van der Waals surface area contributed by atoms with Crippen LogP contribution in [0.2, 0.25) is 0 Å². The first-order valence-corrected chi connectivity index (χ1v) is 6.46. The number of hydrogen-bond donors (Lipinski definition) is 2. The molecule has 6 heteroatoms. The Morgan fingerprint density at radius 2 is 1.90 bits per heavy atom. The van der Waals surface area contributed by atoms with Gasteiger partial charge in [0.15, 0.2) is 11.5 Å². The topological polar surface area (TPSA) is 82.3 Å². The van der Waals surface area contributed by atoms with Gasteiger partial charge in [0, 0.05) is 22.8 Å². The molecule has 0 radical (unpaired) electrons. The number of nitrogen functional groups attached to an aromatic ring is 1. The zero-order valence-electron chi connectivity index (χ0n) is 11.0. The molecule has 104 valence electrons. The molecule has 6 nitrogen and oxygen atoms in total. The van der Waals surface area contributed by atoms with Gasteiger partial charge >= 0.3 is 0 Å². The largest absolute Gasteiger partial charge is 0.454 e. The van der Waals surface area contributed by atoms with Gasteiger partial charge in [0.2, 0.25) is 6.79 Å². The van der Waals surface area contributed by atoms with Crippen LogP contribution < -0.4 is 20.5 Å². The quantitative estimate of drug-likeness (QED) is 0.702. The third kappa shape index (κ3) is 2.06. The summed E-state index contributed by atoms with van der Waals surface area (Å²) in [7, 11) is 0. The number of aromatic nitrogens is 2. The summed E-state index contributed by atoms with van der Waals surface area (Å²) in [5.74, 6) is 2.17. The highest BCUT2D eigenvalue weighted by Crippen LogP contribution is 2.35. The normalized spacial score (nSPS) is 12.6. The highest BCUT2D eigenvalue weighted by molar-refractivity contribution is 5.92. The Morgan fingerprint density at radius 1 is 1.00 bits per heavy atom. The van der Waals surface area contributed by atoms with Gasteiger partial charge < -0.3 is 20.5 Å². The van der Waals surface area contributed by atoms with Crippen LogP contribution >= 0.6 is 0 Å². The second-order valence-corrected chi connectivity index (χ2v) is 4.69. The van der Waals surface area contributed by atoms with E-state index in [1.54, 1.807) is 0 Å². The van der Waals surface area contributed by atoms with Crippen LogP contribution in [-0.4, -0.2) is 16.8 Å². The molecule has 0 bridgehead atoms. The number of benzene rings is 2. The molecule has 21 heavy (non-hydrogen) atoms. The van der Waals surface area contributed by atoms with E-state index in [1.165, 1.54) is 6.33 Å². The van der Waals surface area contributed by atoms with Crippen LogP contribution in [0.15, 0.2) is 42.7 Å². The van der Waals surface area contributed by atoms with E-state index in [4.69, 9.17) is 15.2 Å². The average Bonchev–Trinajstić information content (AvgIpc) is 2.95. The van der Waals surface area contributed by atoms with E-state index in [0.29, 0.717) is 11.5 Å². The molecule has 0 aliphatic carbocycles. The molecule has 0 amide bonds. The first-order chi connectivity index (χ1) is 10.3. The van der Waals surface area contributed by atoms with Gasteiger partial charge in [0.25, 0.3) is 0 Å². The van der Waals surface area contributed by atoms with Crippen LogP contribution in [0, 0.1) is 0 Å². The molecule has 3 N–H and O–H groups in total. The van der Waals surface area contributed by atoms with Crippen molar-refractivity contribution >= 4 is 28.1 Å². The van der Waals surface area contributed by atoms with Crippen LogP contribution in [-0.2, 0) is 0 Å². The van der Waals surface area contributed by atoms with Crippen molar-refractivity contribution in [3.8, 4) is 11.5 Å². The van der Waals surface area contributed by atoms with Crippen molar-refractivity contribution in [1.29, 1.82) is 0 Å². The summed E-state index contributed by atoms with van der Waals surface area (Å²) >= 11 is 0. The Hall–Kier alpha value is -3.02. The second kappa shape index (κ2) is 4.52. The van der Waals surface area contributed by atoms with E-state index in [2.05, 4.69) is 15.3 Å². The van der Waals surface area contributed by atoms with Gasteiger partial charge in [-0.05, 0) is 30.3 Å². The Balaban J connectivity index is 1.75. The fourth-order valence-electron chi connectivity index (χ4n) is 2.28. The zero-order valence-corrected chi connectivity index (χ0v) is 11.0. The van der Waals surface area contributed by atoms with Crippen molar-refractivity contribution < 1.29 is 9.47 Å². The maximum atomic E-state index is 5.84. The van der Waals surface area contributed by atoms with Gasteiger partial charge in [-0.25, -0.2) is 9.97 Å². The molecule has 2 aromatic carbocycles. The van der Waals surface area contributed by atoms with Crippen molar-refractivity contribution in [3.63, 3.8) is 0 Å². The lowest BCUT2D eigenvalue weighted by molar-refractivity contribution is 0.174. The standard InChI is InChI=1S/C15H12N4O2/c16-9-1-3-12-11(5-9)15(18-7-17-12)19-10-2-4-13-14(6-10)21-8-20-13/h1-7H,8,16H2,(H,17,18,19). The van der Waals surface area contributed by atoms with Gasteiger partial charge in [-0.15, -0.1) is 0 Å². The lowest BCUT2D eigenvalue weighted by atomic mass is 10.2. The van der Waals surface area contributed by atoms with Crippen molar-refractivity contribution in [2.75, 3.05) is 17.8 Å². The second-order valence-electron chi connectivity index (χ2n) is 4.69. The van der Waals surface area contributed by atoms with E-state index in [9.17, 15) is 0 Å². The molecule has 0 saturated heterocycles. The van der Waals surface area contributed by atoms with E-state index < -0.39 is 0 Å². The average molecular weight is 280 g/mol. The van der Waals surface area contributed by atoms with Crippen molar-refractivity contribution in [2.45, 2.75) is 0 Å². The molecule has 4 rings (SSSR count). The van der Waals surface area contributed by atoms with Crippen LogP contribution in [0.25, 0.3) is 10.9 Å². The molecule has 1 aliphatic rings. The smallest absolute Gasteiger partial charge is 0.231 e. The minimum Gasteiger partial charge on any atom is -0.454 e. The number of hydrogen-bond acceptors (Lipinski definition) is 6. The lowest BCUT2D eigenvalue weighted by Crippen LogP contribution is -1.97. The van der Waals surface area contributed by atoms with Crippen LogP contribution in [0.4, 0.5) is 17.2 Å². The van der Waals surface area contributed by atoms with Crippen molar-refractivity contribution in [1.82, 2.24) is 9.97 Å². The minimum atomic E-state index is 0.256. The van der Waals surface area contributed by atoms with Gasteiger partial charge in [-0.2, -0.15) is 0 Å². The summed E-state index contributed by atoms with van der Waals surface area (Å²) in [4.78, 5) is 8.52. The predicted octanol–water partition coefficient (Wildman–Crippen LogP) is 2.68. The Morgan fingerprint density at radius 3 is 2.86 bits per heavy atom. The number of anilines is 3. The monoisotopic (exact) mass is 280 g/mol. The molecular weight excluding hydrogens is 268 g/mol. The van der Waals surface area contributed by atoms with E-state index in [1.807, 2.05) is 36.4 Å². The Labute approximate surface area is 120 Å². The lowest BCUT2D eigenvalue weighted by Gasteiger charge is -2.09. The summed E-state index contributed by atoms with van der Waals surface area (Å²) < 4.78 is 10.7. The minimum absolute atomic E-state index is 0.256. The SMILES string of the molecule is Nc1ccc2ncnc(Nc3ccc4c(c3)OCO4)c2c1. The summed E-state index contributed by atoms with van der Waals surface area (Å²) in [5, 5.41) is 4.13. The number of nitrogens with zero attached hydrogens (tertiary/aromatic N) is 2. The van der Waals surface area contributed by atoms with Crippen LogP contribution in [0.3, 0.4) is 0 Å². The molecule has 0 atom stereocenters. The van der Waals surface area contributed by atoms with E-state index in [-0.39, 0.29) is 6.79 Å². The molecule has 0 unspecified atom stereocenters. The summed E-state index contributed by atoms with van der Waals surface area (Å²) in [5.41, 5.74) is 8.21. The Kier molecular flexibility index (Phi) is 2.53. The molecule has 1 aromatic heterocycles. The highest BCUT2D eigenvalue weighted by atomic mass is 16.7. The number of nitrogens with two attached hydrogens (primary N) is 1. The summed E-state index contributed by atoms with van der Waals surface area (Å²) in [6.45, 7) is 0.256. The summed E-state index contributed by atoms with van der Waals surface area (Å²) in [6.07, 6.45) is 1.52. The van der Waals surface area contributed by atoms with E-state index in [0.717, 1.165) is 28.1 Å². The summed E-state index contributed by atoms with van der Waals surface area (Å²) in [6, 6.07) is 11.2. The third-order valence-electron chi connectivity index (χ3n) is 3.29. The van der Waals surface area contributed by atoms with E-state index >= 15 is 0 Å². The molecule has 0 fully saturated rings. The number of nitrogens with one attached hydrogen (secondary N) is 1. The molecule has 0 spiro atoms. The maximum absolute atomic E-state index is 5.84. The predicted molar refractivity (Wildman–Crippen MR) is 79.8 cm³/mol. The maximum Gasteiger partial charge on any atom is 0.231 e. The first kappa shape index (κ1) is 11.8. The molecular formula is C15H12N4O2.